The number of ether oxygens (including phenoxy) is 3. The molecular weight excluding hydrogens is 1070 g/mol. The zero-order valence-electron chi connectivity index (χ0n) is 56.6. The molecule has 0 radical (unpaired) electrons. The highest BCUT2D eigenvalue weighted by Crippen LogP contribution is 2.24. The van der Waals surface area contributed by atoms with Crippen molar-refractivity contribution in [1.82, 2.24) is 5.32 Å². The molecular formula is C75H143NO10. The average molecular weight is 1220 g/mol. The summed E-state index contributed by atoms with van der Waals surface area (Å²) in [5.74, 6) is -0.162. The van der Waals surface area contributed by atoms with E-state index in [1.165, 1.54) is 302 Å². The van der Waals surface area contributed by atoms with E-state index in [0.29, 0.717) is 19.4 Å². The molecule has 7 unspecified atom stereocenters. The zero-order chi connectivity index (χ0) is 62.3. The highest BCUT2D eigenvalue weighted by Gasteiger charge is 2.44. The van der Waals surface area contributed by atoms with Gasteiger partial charge >= 0.3 is 5.97 Å². The summed E-state index contributed by atoms with van der Waals surface area (Å²) in [6, 6.07) is -0.805. The van der Waals surface area contributed by atoms with E-state index >= 15 is 0 Å². The first-order valence-electron chi connectivity index (χ1n) is 37.6. The quantitative estimate of drug-likeness (QED) is 0.0195. The summed E-state index contributed by atoms with van der Waals surface area (Å²) < 4.78 is 16.7. The number of unbranched alkanes of at least 4 members (excludes halogenated alkanes) is 51. The molecule has 86 heavy (non-hydrogen) atoms. The van der Waals surface area contributed by atoms with Gasteiger partial charge in [0, 0.05) is 12.8 Å². The van der Waals surface area contributed by atoms with Crippen molar-refractivity contribution in [3.63, 3.8) is 0 Å². The van der Waals surface area contributed by atoms with E-state index in [0.717, 1.165) is 51.4 Å². The molecule has 6 N–H and O–H groups in total. The number of esters is 1. The Morgan fingerprint density at radius 2 is 0.744 bits per heavy atom. The Morgan fingerprint density at radius 3 is 1.12 bits per heavy atom. The molecule has 11 nitrogen and oxygen atoms in total. The Morgan fingerprint density at radius 1 is 0.419 bits per heavy atom. The van der Waals surface area contributed by atoms with Crippen LogP contribution >= 0.6 is 0 Å². The molecule has 0 aromatic rings. The van der Waals surface area contributed by atoms with E-state index in [1.54, 1.807) is 6.08 Å². The molecule has 0 spiro atoms. The van der Waals surface area contributed by atoms with Gasteiger partial charge in [0.1, 0.15) is 24.4 Å². The number of aliphatic hydroxyl groups excluding tert-OH is 5. The van der Waals surface area contributed by atoms with Gasteiger partial charge in [0.05, 0.1) is 32.0 Å². The number of amides is 1. The summed E-state index contributed by atoms with van der Waals surface area (Å²) in [5.41, 5.74) is 0. The lowest BCUT2D eigenvalue weighted by Gasteiger charge is -2.40. The fraction of sp³-hybridized carbons (Fsp3) is 0.920. The molecule has 1 heterocycles. The standard InChI is InChI=1S/C75H143NO10/c1-3-5-7-9-11-13-42-47-51-55-59-63-71(80)84-64-60-56-52-48-44-41-39-37-35-33-31-29-27-25-23-21-19-17-15-16-18-20-22-24-26-28-30-32-34-36-38-40-43-46-50-54-58-62-70(79)76-67(66-85-75-74(83)73(82)72(81)69(65-77)86-75)68(78)61-57-53-49-45-14-12-10-8-6-4-2/h15,17,57,61,67-69,72-75,77-78,81-83H,3-14,16,18-56,58-60,62-66H2,1-2H3,(H,76,79)/b17-15-,61-57+. The van der Waals surface area contributed by atoms with Gasteiger partial charge in [-0.1, -0.05) is 334 Å². The summed E-state index contributed by atoms with van der Waals surface area (Å²) in [6.07, 6.45) is 72.1. The van der Waals surface area contributed by atoms with Gasteiger partial charge in [-0.2, -0.15) is 0 Å². The Labute approximate surface area is 531 Å². The normalized spacial score (nSPS) is 18.0. The fourth-order valence-corrected chi connectivity index (χ4v) is 12.1. The Kier molecular flexibility index (Phi) is 61.8. The average Bonchev–Trinajstić information content (AvgIpc) is 3.72. The molecule has 7 atom stereocenters. The van der Waals surface area contributed by atoms with Crippen LogP contribution in [0.4, 0.5) is 0 Å². The molecule has 0 aromatic carbocycles. The number of aliphatic hydroxyl groups is 5. The molecule has 0 bridgehead atoms. The van der Waals surface area contributed by atoms with Gasteiger partial charge in [-0.05, 0) is 57.8 Å². The number of hydrogen-bond donors (Lipinski definition) is 6. The third-order valence-corrected chi connectivity index (χ3v) is 18.1. The van der Waals surface area contributed by atoms with Crippen LogP contribution in [0, 0.1) is 0 Å². The zero-order valence-corrected chi connectivity index (χ0v) is 56.6. The number of allylic oxidation sites excluding steroid dienone is 3. The molecule has 1 rings (SSSR count). The van der Waals surface area contributed by atoms with Crippen molar-refractivity contribution >= 4 is 11.9 Å². The summed E-state index contributed by atoms with van der Waals surface area (Å²) in [7, 11) is 0. The maximum atomic E-state index is 13.0. The summed E-state index contributed by atoms with van der Waals surface area (Å²) in [5, 5.41) is 54.4. The van der Waals surface area contributed by atoms with E-state index in [4.69, 9.17) is 14.2 Å². The third-order valence-electron chi connectivity index (χ3n) is 18.1. The van der Waals surface area contributed by atoms with E-state index in [2.05, 4.69) is 31.3 Å². The SMILES string of the molecule is CCCCCCCCCC/C=C/C(O)C(COC1OC(CO)C(O)C(O)C1O)NC(=O)CCCCCCCCCCCCCCCCCCC/C=C\CCCCCCCCCCCCCCCCCCOC(=O)CCCCCCCCCCCCC. The largest absolute Gasteiger partial charge is 0.466 e. The number of carbonyl (C=O) groups is 2. The van der Waals surface area contributed by atoms with Crippen molar-refractivity contribution in [2.75, 3.05) is 19.8 Å². The molecule has 1 aliphatic rings. The smallest absolute Gasteiger partial charge is 0.305 e. The number of carbonyl (C=O) groups excluding carboxylic acids is 2. The first kappa shape index (κ1) is 82.2. The van der Waals surface area contributed by atoms with Gasteiger partial charge in [-0.15, -0.1) is 0 Å². The highest BCUT2D eigenvalue weighted by molar-refractivity contribution is 5.76. The van der Waals surface area contributed by atoms with Crippen molar-refractivity contribution in [3.05, 3.63) is 24.3 Å². The van der Waals surface area contributed by atoms with Crippen LogP contribution < -0.4 is 5.32 Å². The topological polar surface area (TPSA) is 175 Å². The Hall–Kier alpha value is -1.86. The lowest BCUT2D eigenvalue weighted by Crippen LogP contribution is -2.60. The van der Waals surface area contributed by atoms with Crippen molar-refractivity contribution in [1.29, 1.82) is 0 Å². The molecule has 11 heteroatoms. The van der Waals surface area contributed by atoms with Crippen LogP contribution in [0.15, 0.2) is 24.3 Å². The predicted octanol–water partition coefficient (Wildman–Crippen LogP) is 19.6. The summed E-state index contributed by atoms with van der Waals surface area (Å²) in [4.78, 5) is 25.1. The maximum absolute atomic E-state index is 13.0. The van der Waals surface area contributed by atoms with Gasteiger partial charge in [0.15, 0.2) is 6.29 Å². The molecule has 1 amide bonds. The summed E-state index contributed by atoms with van der Waals surface area (Å²) >= 11 is 0. The van der Waals surface area contributed by atoms with Gasteiger partial charge in [0.25, 0.3) is 0 Å². The second-order valence-corrected chi connectivity index (χ2v) is 26.4. The molecule has 0 saturated carbocycles. The first-order chi connectivity index (χ1) is 42.2. The molecule has 1 aliphatic heterocycles. The lowest BCUT2D eigenvalue weighted by molar-refractivity contribution is -0.302. The van der Waals surface area contributed by atoms with Crippen LogP contribution in [0.1, 0.15) is 380 Å². The van der Waals surface area contributed by atoms with Crippen LogP contribution in [0.2, 0.25) is 0 Å². The predicted molar refractivity (Wildman–Crippen MR) is 361 cm³/mol. The van der Waals surface area contributed by atoms with Crippen LogP contribution in [0.3, 0.4) is 0 Å². The van der Waals surface area contributed by atoms with Gasteiger partial charge in [0.2, 0.25) is 5.91 Å². The summed E-state index contributed by atoms with van der Waals surface area (Å²) in [6.45, 7) is 4.37. The molecule has 0 aliphatic carbocycles. The number of nitrogens with one attached hydrogen (secondary N) is 1. The lowest BCUT2D eigenvalue weighted by atomic mass is 9.99. The first-order valence-corrected chi connectivity index (χ1v) is 37.6. The van der Waals surface area contributed by atoms with Crippen LogP contribution in [-0.4, -0.2) is 100 Å². The number of rotatable bonds is 67. The monoisotopic (exact) mass is 1220 g/mol. The minimum Gasteiger partial charge on any atom is -0.466 e. The minimum atomic E-state index is -1.57. The maximum Gasteiger partial charge on any atom is 0.305 e. The van der Waals surface area contributed by atoms with Gasteiger partial charge < -0.3 is 45.1 Å². The van der Waals surface area contributed by atoms with E-state index < -0.39 is 49.5 Å². The van der Waals surface area contributed by atoms with Gasteiger partial charge in [-0.25, -0.2) is 0 Å². The van der Waals surface area contributed by atoms with Crippen molar-refractivity contribution in [2.45, 2.75) is 423 Å². The van der Waals surface area contributed by atoms with E-state index in [9.17, 15) is 35.1 Å². The fourth-order valence-electron chi connectivity index (χ4n) is 12.1. The number of hydrogen-bond acceptors (Lipinski definition) is 10. The second-order valence-electron chi connectivity index (χ2n) is 26.4. The van der Waals surface area contributed by atoms with Crippen molar-refractivity contribution in [2.24, 2.45) is 0 Å². The van der Waals surface area contributed by atoms with E-state index in [-0.39, 0.29) is 18.5 Å². The Bertz CT molecular complexity index is 1480. The van der Waals surface area contributed by atoms with Crippen LogP contribution in [0.5, 0.6) is 0 Å². The van der Waals surface area contributed by atoms with Crippen molar-refractivity contribution in [3.8, 4) is 0 Å². The minimum absolute atomic E-state index is 0.0155. The van der Waals surface area contributed by atoms with Crippen LogP contribution in [-0.2, 0) is 23.8 Å². The van der Waals surface area contributed by atoms with Gasteiger partial charge in [-0.3, -0.25) is 9.59 Å². The Balaban J connectivity index is 1.89. The van der Waals surface area contributed by atoms with Crippen LogP contribution in [0.25, 0.3) is 0 Å². The highest BCUT2D eigenvalue weighted by atomic mass is 16.7. The molecule has 1 fully saturated rings. The molecule has 0 aromatic heterocycles. The molecule has 508 valence electrons. The molecule has 1 saturated heterocycles. The van der Waals surface area contributed by atoms with Crippen molar-refractivity contribution < 1.29 is 49.3 Å². The van der Waals surface area contributed by atoms with E-state index in [1.807, 2.05) is 6.08 Å². The second kappa shape index (κ2) is 64.7. The third kappa shape index (κ3) is 52.9.